The number of carbonyl (C=O) groups is 1. The first-order chi connectivity index (χ1) is 11.5. The van der Waals surface area contributed by atoms with E-state index in [1.54, 1.807) is 13.0 Å². The largest absolute Gasteiger partial charge is 0.488 e. The summed E-state index contributed by atoms with van der Waals surface area (Å²) in [6.07, 6.45) is 1.74. The van der Waals surface area contributed by atoms with Gasteiger partial charge in [-0.25, -0.2) is 4.79 Å². The average molecular weight is 407 g/mol. The molecule has 0 saturated carbocycles. The van der Waals surface area contributed by atoms with Gasteiger partial charge in [0.05, 0.1) is 15.8 Å². The quantitative estimate of drug-likeness (QED) is 0.530. The summed E-state index contributed by atoms with van der Waals surface area (Å²) < 4.78 is 6.60. The van der Waals surface area contributed by atoms with E-state index < -0.39 is 5.97 Å². The third-order valence-corrected chi connectivity index (χ3v) is 4.28. The zero-order valence-electron chi connectivity index (χ0n) is 12.8. The van der Waals surface area contributed by atoms with Gasteiger partial charge in [-0.3, -0.25) is 0 Å². The lowest BCUT2D eigenvalue weighted by atomic mass is 10.1. The number of nitrogens with zero attached hydrogens (tertiary/aromatic N) is 1. The molecule has 4 nitrogen and oxygen atoms in total. The zero-order chi connectivity index (χ0) is 17.1. The van der Waals surface area contributed by atoms with Crippen molar-refractivity contribution in [3.05, 3.63) is 68.7 Å². The summed E-state index contributed by atoms with van der Waals surface area (Å²) in [4.78, 5) is 16.2. The van der Waals surface area contributed by atoms with Gasteiger partial charge in [0.1, 0.15) is 12.4 Å². The van der Waals surface area contributed by atoms with Gasteiger partial charge in [-0.15, -0.1) is 0 Å². The Balaban J connectivity index is 1.74. The van der Waals surface area contributed by atoms with Crippen LogP contribution in [-0.2, 0) is 16.2 Å². The lowest BCUT2D eigenvalue weighted by Gasteiger charge is -2.09. The molecule has 2 aromatic rings. The summed E-state index contributed by atoms with van der Waals surface area (Å²) in [6.45, 7) is 2.14. The van der Waals surface area contributed by atoms with Crippen molar-refractivity contribution in [2.75, 3.05) is 0 Å². The summed E-state index contributed by atoms with van der Waals surface area (Å²) >= 11 is 9.45. The van der Waals surface area contributed by atoms with E-state index in [1.165, 1.54) is 0 Å². The second-order valence-corrected chi connectivity index (χ2v) is 6.51. The van der Waals surface area contributed by atoms with Crippen LogP contribution in [0, 0.1) is 0 Å². The Morgan fingerprint density at radius 3 is 2.79 bits per heavy atom. The van der Waals surface area contributed by atoms with Gasteiger partial charge < -0.3 is 9.57 Å². The van der Waals surface area contributed by atoms with Crippen LogP contribution in [0.2, 0.25) is 5.02 Å². The molecule has 0 aliphatic carbocycles. The second-order valence-electron chi connectivity index (χ2n) is 5.22. The number of benzene rings is 2. The molecule has 24 heavy (non-hydrogen) atoms. The van der Waals surface area contributed by atoms with Gasteiger partial charge in [0.2, 0.25) is 0 Å². The molecule has 0 fully saturated rings. The molecule has 3 rings (SSSR count). The van der Waals surface area contributed by atoms with Crippen LogP contribution >= 0.6 is 27.5 Å². The van der Waals surface area contributed by atoms with E-state index in [-0.39, 0.29) is 0 Å². The molecular formula is C18H13BrClNO3. The highest BCUT2D eigenvalue weighted by molar-refractivity contribution is 9.10. The Bertz CT molecular complexity index is 861. The first-order valence-corrected chi connectivity index (χ1v) is 8.35. The summed E-state index contributed by atoms with van der Waals surface area (Å²) in [5.41, 5.74) is 2.86. The van der Waals surface area contributed by atoms with Gasteiger partial charge >= 0.3 is 5.97 Å². The maximum atomic E-state index is 11.6. The zero-order valence-corrected chi connectivity index (χ0v) is 15.1. The van der Waals surface area contributed by atoms with Crippen LogP contribution in [0.25, 0.3) is 6.08 Å². The van der Waals surface area contributed by atoms with Crippen molar-refractivity contribution in [1.82, 2.24) is 0 Å². The Morgan fingerprint density at radius 2 is 2.12 bits per heavy atom. The maximum absolute atomic E-state index is 11.6. The molecule has 0 saturated heterocycles. The molecule has 0 unspecified atom stereocenters. The van der Waals surface area contributed by atoms with Crippen molar-refractivity contribution >= 4 is 45.3 Å². The lowest BCUT2D eigenvalue weighted by molar-refractivity contribution is -0.136. The molecule has 0 spiro atoms. The van der Waals surface area contributed by atoms with E-state index >= 15 is 0 Å². The fraction of sp³-hybridized carbons (Fsp3) is 0.111. The molecule has 1 aliphatic rings. The molecule has 2 aromatic carbocycles. The fourth-order valence-electron chi connectivity index (χ4n) is 2.20. The minimum atomic E-state index is -0.440. The maximum Gasteiger partial charge on any atom is 0.367 e. The van der Waals surface area contributed by atoms with Gasteiger partial charge in [-0.05, 0) is 64.3 Å². The van der Waals surface area contributed by atoms with Gasteiger partial charge in [-0.2, -0.15) is 0 Å². The molecule has 0 amide bonds. The van der Waals surface area contributed by atoms with Crippen LogP contribution in [0.4, 0.5) is 0 Å². The third kappa shape index (κ3) is 3.86. The van der Waals surface area contributed by atoms with Crippen molar-refractivity contribution < 1.29 is 14.4 Å². The minimum absolute atomic E-state index is 0.414. The molecule has 0 atom stereocenters. The van der Waals surface area contributed by atoms with E-state index in [0.717, 1.165) is 15.6 Å². The van der Waals surface area contributed by atoms with Gasteiger partial charge in [0.25, 0.3) is 0 Å². The highest BCUT2D eigenvalue weighted by Gasteiger charge is 2.21. The van der Waals surface area contributed by atoms with Gasteiger partial charge in [0.15, 0.2) is 0 Å². The normalized spacial score (nSPS) is 15.4. The Kier molecular flexibility index (Phi) is 5.02. The fourth-order valence-corrected chi connectivity index (χ4v) is 2.92. The first-order valence-electron chi connectivity index (χ1n) is 7.18. The van der Waals surface area contributed by atoms with Crippen LogP contribution < -0.4 is 4.74 Å². The topological polar surface area (TPSA) is 47.9 Å². The number of rotatable bonds is 4. The lowest BCUT2D eigenvalue weighted by Crippen LogP contribution is -2.01. The molecular weight excluding hydrogens is 394 g/mol. The molecule has 0 N–H and O–H groups in total. The van der Waals surface area contributed by atoms with Crippen molar-refractivity contribution in [3.63, 3.8) is 0 Å². The SMILES string of the molecule is CC1=NOC(=O)/C1=C/c1ccc(OCc2cccc(Cl)c2)c(Br)c1. The molecule has 1 heterocycles. The van der Waals surface area contributed by atoms with Crippen molar-refractivity contribution in [3.8, 4) is 5.75 Å². The molecule has 6 heteroatoms. The van der Waals surface area contributed by atoms with E-state index in [9.17, 15) is 4.79 Å². The van der Waals surface area contributed by atoms with Crippen LogP contribution in [0.3, 0.4) is 0 Å². The Labute approximate surface area is 152 Å². The number of oxime groups is 1. The third-order valence-electron chi connectivity index (χ3n) is 3.43. The smallest absolute Gasteiger partial charge is 0.367 e. The molecule has 0 radical (unpaired) electrons. The molecule has 1 aliphatic heterocycles. The van der Waals surface area contributed by atoms with E-state index in [2.05, 4.69) is 25.9 Å². The standard InChI is InChI=1S/C18H13BrClNO3/c1-11-15(18(22)24-21-11)8-12-5-6-17(16(19)9-12)23-10-13-3-2-4-14(20)7-13/h2-9H,10H2,1H3/b15-8+. The second kappa shape index (κ2) is 7.20. The van der Waals surface area contributed by atoms with E-state index in [0.29, 0.717) is 28.7 Å². The predicted octanol–water partition coefficient (Wildman–Crippen LogP) is 5.00. The molecule has 122 valence electrons. The van der Waals surface area contributed by atoms with E-state index in [4.69, 9.17) is 16.3 Å². The van der Waals surface area contributed by atoms with Crippen molar-refractivity contribution in [2.45, 2.75) is 13.5 Å². The monoisotopic (exact) mass is 405 g/mol. The summed E-state index contributed by atoms with van der Waals surface area (Å²) in [6, 6.07) is 13.1. The highest BCUT2D eigenvalue weighted by atomic mass is 79.9. The number of carbonyl (C=O) groups excluding carboxylic acids is 1. The average Bonchev–Trinajstić information content (AvgIpc) is 2.86. The van der Waals surface area contributed by atoms with Crippen LogP contribution in [-0.4, -0.2) is 11.7 Å². The van der Waals surface area contributed by atoms with E-state index in [1.807, 2.05) is 42.5 Å². The summed E-state index contributed by atoms with van der Waals surface area (Å²) in [5.74, 6) is 0.265. The molecule has 0 aromatic heterocycles. The number of halogens is 2. The molecule has 0 bridgehead atoms. The van der Waals surface area contributed by atoms with Crippen molar-refractivity contribution in [1.29, 1.82) is 0 Å². The Hall–Kier alpha value is -2.11. The summed E-state index contributed by atoms with van der Waals surface area (Å²) in [5, 5.41) is 4.33. The minimum Gasteiger partial charge on any atom is -0.488 e. The first kappa shape index (κ1) is 16.7. The van der Waals surface area contributed by atoms with Crippen LogP contribution in [0.15, 0.2) is 57.7 Å². The van der Waals surface area contributed by atoms with Crippen molar-refractivity contribution in [2.24, 2.45) is 5.16 Å². The number of hydrogen-bond donors (Lipinski definition) is 0. The van der Waals surface area contributed by atoms with Gasteiger partial charge in [-0.1, -0.05) is 35.0 Å². The Morgan fingerprint density at radius 1 is 1.29 bits per heavy atom. The number of hydrogen-bond acceptors (Lipinski definition) is 4. The van der Waals surface area contributed by atoms with Crippen LogP contribution in [0.5, 0.6) is 5.75 Å². The van der Waals surface area contributed by atoms with Gasteiger partial charge in [0, 0.05) is 5.02 Å². The summed E-state index contributed by atoms with van der Waals surface area (Å²) in [7, 11) is 0. The predicted molar refractivity (Wildman–Crippen MR) is 97.1 cm³/mol. The van der Waals surface area contributed by atoms with Crippen LogP contribution in [0.1, 0.15) is 18.1 Å². The highest BCUT2D eigenvalue weighted by Crippen LogP contribution is 2.28. The number of ether oxygens (including phenoxy) is 1.